The van der Waals surface area contributed by atoms with Crippen molar-refractivity contribution in [3.8, 4) is 5.88 Å². The van der Waals surface area contributed by atoms with Gasteiger partial charge in [0.05, 0.1) is 11.6 Å². The molecule has 0 saturated heterocycles. The first-order valence-corrected chi connectivity index (χ1v) is 4.58. The summed E-state index contributed by atoms with van der Waals surface area (Å²) < 4.78 is 0.916. The third kappa shape index (κ3) is 2.30. The van der Waals surface area contributed by atoms with Gasteiger partial charge < -0.3 is 10.8 Å². The van der Waals surface area contributed by atoms with Crippen LogP contribution in [-0.2, 0) is 10.3 Å². The van der Waals surface area contributed by atoms with E-state index in [0.717, 1.165) is 10.6 Å². The molecule has 1 aromatic rings. The van der Waals surface area contributed by atoms with Gasteiger partial charge in [0, 0.05) is 6.42 Å². The molecule has 1 aromatic heterocycles. The van der Waals surface area contributed by atoms with E-state index in [1.165, 1.54) is 0 Å². The minimum atomic E-state index is -1.00. The summed E-state index contributed by atoms with van der Waals surface area (Å²) >= 11 is 0. The minimum absolute atomic E-state index is 0.132. The quantitative estimate of drug-likeness (QED) is 0.604. The van der Waals surface area contributed by atoms with Gasteiger partial charge in [-0.2, -0.15) is 0 Å². The van der Waals surface area contributed by atoms with E-state index >= 15 is 0 Å². The molecular formula is C9H13N3O4. The highest BCUT2D eigenvalue weighted by molar-refractivity contribution is 5.74. The van der Waals surface area contributed by atoms with Crippen LogP contribution in [0.15, 0.2) is 15.7 Å². The summed E-state index contributed by atoms with van der Waals surface area (Å²) in [6.07, 6.45) is -0.132. The van der Waals surface area contributed by atoms with Crippen molar-refractivity contribution in [2.75, 3.05) is 0 Å². The van der Waals surface area contributed by atoms with E-state index in [4.69, 9.17) is 5.73 Å². The lowest BCUT2D eigenvalue weighted by atomic mass is 10.00. The van der Waals surface area contributed by atoms with Crippen molar-refractivity contribution in [3.05, 3.63) is 26.9 Å². The number of amides is 1. The Hall–Kier alpha value is -2.05. The number of nitrogens with zero attached hydrogens (tertiary/aromatic N) is 1. The summed E-state index contributed by atoms with van der Waals surface area (Å²) in [5.74, 6) is -1.11. The molecule has 0 saturated carbocycles. The van der Waals surface area contributed by atoms with Crippen LogP contribution in [0.2, 0.25) is 0 Å². The van der Waals surface area contributed by atoms with E-state index in [0.29, 0.717) is 0 Å². The van der Waals surface area contributed by atoms with Gasteiger partial charge in [-0.05, 0) is 13.8 Å². The standard InChI is InChI=1S/C9H13N3O4/c1-9(2,4-5(10)13)12-7(15)3-6(14)11-8(12)16/h3,15H,4H2,1-2H3,(H2,10,13)(H,11,14,16). The molecule has 0 radical (unpaired) electrons. The largest absolute Gasteiger partial charge is 0.494 e. The van der Waals surface area contributed by atoms with Gasteiger partial charge in [0.25, 0.3) is 5.56 Å². The summed E-state index contributed by atoms with van der Waals surface area (Å²) in [6, 6.07) is 0.865. The molecule has 4 N–H and O–H groups in total. The van der Waals surface area contributed by atoms with Gasteiger partial charge in [0.1, 0.15) is 0 Å². The predicted octanol–water partition coefficient (Wildman–Crippen LogP) is -1.15. The zero-order chi connectivity index (χ0) is 12.5. The second-order valence-electron chi connectivity index (χ2n) is 4.09. The molecule has 0 unspecified atom stereocenters. The molecule has 1 heterocycles. The third-order valence-corrected chi connectivity index (χ3v) is 2.13. The first-order valence-electron chi connectivity index (χ1n) is 4.58. The summed E-state index contributed by atoms with van der Waals surface area (Å²) in [5, 5.41) is 9.51. The normalized spacial score (nSPS) is 11.4. The Labute approximate surface area is 90.5 Å². The maximum absolute atomic E-state index is 11.5. The van der Waals surface area contributed by atoms with E-state index in [1.807, 2.05) is 4.98 Å². The first kappa shape index (κ1) is 12.0. The molecule has 0 aromatic carbocycles. The van der Waals surface area contributed by atoms with Crippen molar-refractivity contribution in [2.24, 2.45) is 5.73 Å². The van der Waals surface area contributed by atoms with Crippen LogP contribution in [0.5, 0.6) is 5.88 Å². The van der Waals surface area contributed by atoms with Crippen LogP contribution in [-0.4, -0.2) is 20.6 Å². The molecular weight excluding hydrogens is 214 g/mol. The molecule has 7 heteroatoms. The molecule has 0 spiro atoms. The predicted molar refractivity (Wildman–Crippen MR) is 56.1 cm³/mol. The number of carbonyl (C=O) groups excluding carboxylic acids is 1. The Kier molecular flexibility index (Phi) is 2.88. The molecule has 0 atom stereocenters. The number of nitrogens with one attached hydrogen (secondary N) is 1. The van der Waals surface area contributed by atoms with Gasteiger partial charge in [0.2, 0.25) is 11.8 Å². The number of hydrogen-bond acceptors (Lipinski definition) is 4. The van der Waals surface area contributed by atoms with E-state index in [2.05, 4.69) is 0 Å². The zero-order valence-electron chi connectivity index (χ0n) is 8.98. The van der Waals surface area contributed by atoms with Crippen molar-refractivity contribution in [1.29, 1.82) is 0 Å². The highest BCUT2D eigenvalue weighted by Crippen LogP contribution is 2.21. The molecule has 1 amide bonds. The smallest absolute Gasteiger partial charge is 0.331 e. The lowest BCUT2D eigenvalue weighted by Gasteiger charge is -2.26. The van der Waals surface area contributed by atoms with Crippen LogP contribution in [0.3, 0.4) is 0 Å². The van der Waals surface area contributed by atoms with Gasteiger partial charge >= 0.3 is 5.69 Å². The summed E-state index contributed by atoms with van der Waals surface area (Å²) in [5.41, 5.74) is 2.55. The van der Waals surface area contributed by atoms with Crippen LogP contribution in [0.1, 0.15) is 20.3 Å². The number of H-pyrrole nitrogens is 1. The Balaban J connectivity index is 3.38. The van der Waals surface area contributed by atoms with Crippen LogP contribution in [0.25, 0.3) is 0 Å². The Morgan fingerprint density at radius 1 is 1.56 bits per heavy atom. The van der Waals surface area contributed by atoms with Crippen molar-refractivity contribution in [1.82, 2.24) is 9.55 Å². The number of hydrogen-bond donors (Lipinski definition) is 3. The summed E-state index contributed by atoms with van der Waals surface area (Å²) in [6.45, 7) is 3.11. The van der Waals surface area contributed by atoms with E-state index in [-0.39, 0.29) is 6.42 Å². The highest BCUT2D eigenvalue weighted by atomic mass is 16.3. The maximum atomic E-state index is 11.5. The lowest BCUT2D eigenvalue weighted by molar-refractivity contribution is -0.119. The van der Waals surface area contributed by atoms with Gasteiger partial charge in [-0.15, -0.1) is 0 Å². The number of aromatic amines is 1. The second kappa shape index (κ2) is 3.84. The molecule has 0 aliphatic heterocycles. The molecule has 0 aliphatic carbocycles. The maximum Gasteiger partial charge on any atom is 0.331 e. The average Bonchev–Trinajstić information content (AvgIpc) is 1.96. The SMILES string of the molecule is CC(C)(CC(N)=O)n1c(O)cc(=O)[nH]c1=O. The highest BCUT2D eigenvalue weighted by Gasteiger charge is 2.26. The van der Waals surface area contributed by atoms with Crippen molar-refractivity contribution in [2.45, 2.75) is 25.8 Å². The van der Waals surface area contributed by atoms with Crippen LogP contribution in [0.4, 0.5) is 0 Å². The monoisotopic (exact) mass is 227 g/mol. The summed E-state index contributed by atoms with van der Waals surface area (Å²) in [4.78, 5) is 35.2. The topological polar surface area (TPSA) is 118 Å². The number of aromatic nitrogens is 2. The first-order chi connectivity index (χ1) is 7.24. The summed E-state index contributed by atoms with van der Waals surface area (Å²) in [7, 11) is 0. The molecule has 0 fully saturated rings. The van der Waals surface area contributed by atoms with E-state index < -0.39 is 28.6 Å². The fraction of sp³-hybridized carbons (Fsp3) is 0.444. The fourth-order valence-electron chi connectivity index (χ4n) is 1.57. The zero-order valence-corrected chi connectivity index (χ0v) is 8.98. The molecule has 7 nitrogen and oxygen atoms in total. The number of aromatic hydroxyl groups is 1. The number of nitrogens with two attached hydrogens (primary N) is 1. The molecule has 1 rings (SSSR count). The molecule has 0 aliphatic rings. The molecule has 16 heavy (non-hydrogen) atoms. The van der Waals surface area contributed by atoms with E-state index in [1.54, 1.807) is 13.8 Å². The van der Waals surface area contributed by atoms with Crippen molar-refractivity contribution in [3.63, 3.8) is 0 Å². The number of carbonyl (C=O) groups is 1. The average molecular weight is 227 g/mol. The van der Waals surface area contributed by atoms with Gasteiger partial charge in [-0.3, -0.25) is 19.1 Å². The Bertz CT molecular complexity index is 526. The van der Waals surface area contributed by atoms with Crippen molar-refractivity contribution >= 4 is 5.91 Å². The molecule has 88 valence electrons. The van der Waals surface area contributed by atoms with Gasteiger partial charge in [0.15, 0.2) is 0 Å². The lowest BCUT2D eigenvalue weighted by Crippen LogP contribution is -2.42. The van der Waals surface area contributed by atoms with Crippen LogP contribution in [0, 0.1) is 0 Å². The van der Waals surface area contributed by atoms with Crippen LogP contribution >= 0.6 is 0 Å². The van der Waals surface area contributed by atoms with Gasteiger partial charge in [-0.1, -0.05) is 0 Å². The second-order valence-corrected chi connectivity index (χ2v) is 4.09. The van der Waals surface area contributed by atoms with Gasteiger partial charge in [-0.25, -0.2) is 4.79 Å². The number of rotatable bonds is 3. The third-order valence-electron chi connectivity index (χ3n) is 2.13. The molecule has 0 bridgehead atoms. The van der Waals surface area contributed by atoms with Crippen molar-refractivity contribution < 1.29 is 9.90 Å². The Morgan fingerprint density at radius 2 is 2.12 bits per heavy atom. The number of primary amides is 1. The fourth-order valence-corrected chi connectivity index (χ4v) is 1.57. The Morgan fingerprint density at radius 3 is 2.56 bits per heavy atom. The van der Waals surface area contributed by atoms with Crippen LogP contribution < -0.4 is 17.0 Å². The van der Waals surface area contributed by atoms with E-state index in [9.17, 15) is 19.5 Å². The minimum Gasteiger partial charge on any atom is -0.494 e.